The van der Waals surface area contributed by atoms with E-state index in [9.17, 15) is 4.79 Å². The molecule has 0 spiro atoms. The van der Waals surface area contributed by atoms with E-state index in [1.807, 2.05) is 34.9 Å². The Morgan fingerprint density at radius 2 is 2.11 bits per heavy atom. The highest BCUT2D eigenvalue weighted by atomic mass is 16.5. The second kappa shape index (κ2) is 6.56. The monoisotopic (exact) mass is 268 g/mol. The number of carbonyl (C=O) groups is 1. The molecule has 2 amide bonds. The summed E-state index contributed by atoms with van der Waals surface area (Å²) in [4.78, 5) is 13.7. The third-order valence-corrected chi connectivity index (χ3v) is 2.56. The van der Waals surface area contributed by atoms with Gasteiger partial charge in [0.25, 0.3) is 0 Å². The Hall–Kier alpha value is -1.56. The van der Waals surface area contributed by atoms with Gasteiger partial charge in [0.05, 0.1) is 0 Å². The van der Waals surface area contributed by atoms with Gasteiger partial charge < -0.3 is 14.7 Å². The molecule has 2 N–H and O–H groups in total. The topological polar surface area (TPSA) is 70.4 Å². The molecule has 0 saturated heterocycles. The van der Waals surface area contributed by atoms with Crippen molar-refractivity contribution in [3.05, 3.63) is 11.8 Å². The highest BCUT2D eigenvalue weighted by Gasteiger charge is 2.20. The number of hydrogen-bond acceptors (Lipinski definition) is 4. The summed E-state index contributed by atoms with van der Waals surface area (Å²) >= 11 is 0. The predicted octanol–water partition coefficient (Wildman–Crippen LogP) is 2.05. The fourth-order valence-electron chi connectivity index (χ4n) is 1.45. The average Bonchev–Trinajstić information content (AvgIpc) is 2.72. The number of rotatable bonds is 5. The number of hydrogen-bond donors (Lipinski definition) is 2. The van der Waals surface area contributed by atoms with Crippen molar-refractivity contribution in [2.24, 2.45) is 0 Å². The van der Waals surface area contributed by atoms with E-state index in [-0.39, 0.29) is 11.4 Å². The molecule has 0 aliphatic heterocycles. The smallest absolute Gasteiger partial charge is 0.320 e. The van der Waals surface area contributed by atoms with Gasteiger partial charge >= 0.3 is 6.03 Å². The van der Waals surface area contributed by atoms with Crippen molar-refractivity contribution in [1.82, 2.24) is 15.4 Å². The number of amides is 2. The van der Waals surface area contributed by atoms with Crippen LogP contribution < -0.4 is 10.6 Å². The molecule has 6 heteroatoms. The average molecular weight is 268 g/mol. The van der Waals surface area contributed by atoms with Crippen LogP contribution in [0.1, 0.15) is 33.0 Å². The molecule has 0 atom stereocenters. The van der Waals surface area contributed by atoms with Gasteiger partial charge in [-0.2, -0.15) is 0 Å². The summed E-state index contributed by atoms with van der Waals surface area (Å²) in [5.41, 5.74) is -0.116. The van der Waals surface area contributed by atoms with Crippen molar-refractivity contribution in [3.8, 4) is 0 Å². The Labute approximate surface area is 114 Å². The van der Waals surface area contributed by atoms with Gasteiger partial charge in [0.1, 0.15) is 5.76 Å². The first kappa shape index (κ1) is 15.5. The number of urea groups is 1. The molecule has 19 heavy (non-hydrogen) atoms. The van der Waals surface area contributed by atoms with Crippen molar-refractivity contribution >= 4 is 11.8 Å². The molecule has 0 radical (unpaired) electrons. The van der Waals surface area contributed by atoms with E-state index in [2.05, 4.69) is 20.7 Å². The van der Waals surface area contributed by atoms with Gasteiger partial charge in [0, 0.05) is 18.0 Å². The molecule has 6 nitrogen and oxygen atoms in total. The Morgan fingerprint density at radius 3 is 2.63 bits per heavy atom. The van der Waals surface area contributed by atoms with E-state index in [1.54, 1.807) is 6.07 Å². The first-order chi connectivity index (χ1) is 8.79. The van der Waals surface area contributed by atoms with Gasteiger partial charge in [0.2, 0.25) is 0 Å². The normalized spacial score (nSPS) is 11.7. The molecular weight excluding hydrogens is 244 g/mol. The van der Waals surface area contributed by atoms with Crippen molar-refractivity contribution in [2.45, 2.75) is 32.6 Å². The number of nitrogens with one attached hydrogen (secondary N) is 2. The van der Waals surface area contributed by atoms with E-state index in [0.717, 1.165) is 18.7 Å². The molecule has 108 valence electrons. The van der Waals surface area contributed by atoms with Crippen LogP contribution in [0.3, 0.4) is 0 Å². The number of carbonyl (C=O) groups excluding carboxylic acids is 1. The summed E-state index contributed by atoms with van der Waals surface area (Å²) in [5.74, 6) is 1.19. The molecule has 1 aromatic heterocycles. The van der Waals surface area contributed by atoms with Gasteiger partial charge in [-0.05, 0) is 27.1 Å². The van der Waals surface area contributed by atoms with Crippen LogP contribution in [0.4, 0.5) is 10.6 Å². The molecule has 0 fully saturated rings. The maximum atomic E-state index is 11.6. The van der Waals surface area contributed by atoms with Crippen LogP contribution in [-0.2, 0) is 5.41 Å². The van der Waals surface area contributed by atoms with Gasteiger partial charge in [-0.15, -0.1) is 0 Å². The number of aromatic nitrogens is 1. The molecule has 0 aliphatic rings. The van der Waals surface area contributed by atoms with E-state index in [1.165, 1.54) is 0 Å². The minimum absolute atomic E-state index is 0.116. The van der Waals surface area contributed by atoms with Gasteiger partial charge in [-0.3, -0.25) is 5.32 Å². The third kappa shape index (κ3) is 5.74. The van der Waals surface area contributed by atoms with E-state index in [4.69, 9.17) is 4.52 Å². The Bertz CT molecular complexity index is 407. The van der Waals surface area contributed by atoms with E-state index >= 15 is 0 Å². The van der Waals surface area contributed by atoms with Crippen LogP contribution >= 0.6 is 0 Å². The largest absolute Gasteiger partial charge is 0.359 e. The maximum absolute atomic E-state index is 11.6. The molecule has 0 aromatic carbocycles. The summed E-state index contributed by atoms with van der Waals surface area (Å²) in [5, 5.41) is 9.25. The quantitative estimate of drug-likeness (QED) is 0.802. The molecule has 0 unspecified atom stereocenters. The SMILES string of the molecule is CN(C)CCCNC(=O)Nc1cc(C(C)(C)C)on1. The third-order valence-electron chi connectivity index (χ3n) is 2.56. The van der Waals surface area contributed by atoms with Gasteiger partial charge in [0.15, 0.2) is 5.82 Å². The fourth-order valence-corrected chi connectivity index (χ4v) is 1.45. The van der Waals surface area contributed by atoms with Crippen LogP contribution in [0.15, 0.2) is 10.6 Å². The Morgan fingerprint density at radius 1 is 1.42 bits per heavy atom. The van der Waals surface area contributed by atoms with Crippen molar-refractivity contribution in [3.63, 3.8) is 0 Å². The minimum atomic E-state index is -0.257. The van der Waals surface area contributed by atoms with Crippen LogP contribution in [0.5, 0.6) is 0 Å². The Kier molecular flexibility index (Phi) is 5.35. The lowest BCUT2D eigenvalue weighted by atomic mass is 9.93. The Balaban J connectivity index is 2.34. The standard InChI is InChI=1S/C13H24N4O2/c1-13(2,3)10-9-11(16-19-10)15-12(18)14-7-6-8-17(4)5/h9H,6-8H2,1-5H3,(H2,14,15,16,18). The fraction of sp³-hybridized carbons (Fsp3) is 0.692. The molecular formula is C13H24N4O2. The minimum Gasteiger partial charge on any atom is -0.359 e. The van der Waals surface area contributed by atoms with Crippen molar-refractivity contribution in [1.29, 1.82) is 0 Å². The van der Waals surface area contributed by atoms with E-state index < -0.39 is 0 Å². The lowest BCUT2D eigenvalue weighted by molar-refractivity contribution is 0.251. The first-order valence-electron chi connectivity index (χ1n) is 6.46. The second-order valence-corrected chi connectivity index (χ2v) is 5.86. The molecule has 0 saturated carbocycles. The summed E-state index contributed by atoms with van der Waals surface area (Å²) in [6.45, 7) is 7.66. The molecule has 0 bridgehead atoms. The van der Waals surface area contributed by atoms with Crippen LogP contribution in [0.2, 0.25) is 0 Å². The zero-order valence-electron chi connectivity index (χ0n) is 12.4. The van der Waals surface area contributed by atoms with Crippen LogP contribution in [-0.4, -0.2) is 43.3 Å². The zero-order chi connectivity index (χ0) is 14.5. The van der Waals surface area contributed by atoms with E-state index in [0.29, 0.717) is 12.4 Å². The molecule has 1 rings (SSSR count). The first-order valence-corrected chi connectivity index (χ1v) is 6.46. The second-order valence-electron chi connectivity index (χ2n) is 5.86. The lowest BCUT2D eigenvalue weighted by Crippen LogP contribution is -2.31. The van der Waals surface area contributed by atoms with Crippen molar-refractivity contribution in [2.75, 3.05) is 32.5 Å². The van der Waals surface area contributed by atoms with Crippen molar-refractivity contribution < 1.29 is 9.32 Å². The predicted molar refractivity (Wildman–Crippen MR) is 75.4 cm³/mol. The summed E-state index contributed by atoms with van der Waals surface area (Å²) in [6.07, 6.45) is 0.909. The number of anilines is 1. The summed E-state index contributed by atoms with van der Waals surface area (Å²) in [6, 6.07) is 1.49. The van der Waals surface area contributed by atoms with Crippen LogP contribution in [0, 0.1) is 0 Å². The summed E-state index contributed by atoms with van der Waals surface area (Å²) < 4.78 is 5.19. The molecule has 1 heterocycles. The van der Waals surface area contributed by atoms with Gasteiger partial charge in [-0.25, -0.2) is 4.79 Å². The summed E-state index contributed by atoms with van der Waals surface area (Å²) in [7, 11) is 4.01. The molecule has 0 aliphatic carbocycles. The van der Waals surface area contributed by atoms with Gasteiger partial charge in [-0.1, -0.05) is 25.9 Å². The highest BCUT2D eigenvalue weighted by Crippen LogP contribution is 2.24. The number of nitrogens with zero attached hydrogens (tertiary/aromatic N) is 2. The zero-order valence-corrected chi connectivity index (χ0v) is 12.4. The lowest BCUT2D eigenvalue weighted by Gasteiger charge is -2.12. The van der Waals surface area contributed by atoms with Crippen LogP contribution in [0.25, 0.3) is 0 Å². The highest BCUT2D eigenvalue weighted by molar-refractivity contribution is 5.88. The maximum Gasteiger partial charge on any atom is 0.320 e. The molecule has 1 aromatic rings.